The first-order chi connectivity index (χ1) is 12.1. The zero-order valence-corrected chi connectivity index (χ0v) is 14.2. The van der Waals surface area contributed by atoms with Crippen molar-refractivity contribution in [1.82, 2.24) is 14.9 Å². The number of aromatic amines is 1. The highest BCUT2D eigenvalue weighted by Crippen LogP contribution is 2.36. The van der Waals surface area contributed by atoms with Gasteiger partial charge < -0.3 is 19.9 Å². The van der Waals surface area contributed by atoms with E-state index in [2.05, 4.69) is 20.2 Å². The van der Waals surface area contributed by atoms with Gasteiger partial charge in [0.1, 0.15) is 24.1 Å². The lowest BCUT2D eigenvalue weighted by molar-refractivity contribution is -0.116. The number of likely N-dealkylation sites (N-methyl/N-ethyl adjacent to an activating group) is 1. The largest absolute Gasteiger partial charge is 0.492 e. The molecular formula is C19H20N4O2. The molecule has 1 aliphatic heterocycles. The molecule has 0 radical (unpaired) electrons. The normalized spacial score (nSPS) is 16.3. The van der Waals surface area contributed by atoms with E-state index in [9.17, 15) is 4.79 Å². The minimum absolute atomic E-state index is 0.0530. The third-order valence-corrected chi connectivity index (χ3v) is 4.34. The van der Waals surface area contributed by atoms with Crippen molar-refractivity contribution in [2.45, 2.75) is 5.92 Å². The fraction of sp³-hybridized carbons (Fsp3) is 0.263. The molecule has 25 heavy (non-hydrogen) atoms. The summed E-state index contributed by atoms with van der Waals surface area (Å²) in [7, 11) is 4.02. The van der Waals surface area contributed by atoms with E-state index < -0.39 is 5.92 Å². The lowest BCUT2D eigenvalue weighted by Crippen LogP contribution is -2.19. The molecular weight excluding hydrogens is 316 g/mol. The minimum Gasteiger partial charge on any atom is -0.492 e. The maximum atomic E-state index is 12.4. The average molecular weight is 336 g/mol. The van der Waals surface area contributed by atoms with Crippen LogP contribution in [0.2, 0.25) is 0 Å². The molecule has 0 saturated carbocycles. The number of ether oxygens (including phenoxy) is 1. The number of hydrogen-bond donors (Lipinski definition) is 2. The summed E-state index contributed by atoms with van der Waals surface area (Å²) >= 11 is 0. The third kappa shape index (κ3) is 2.96. The number of anilines is 1. The van der Waals surface area contributed by atoms with Crippen molar-refractivity contribution in [2.24, 2.45) is 0 Å². The van der Waals surface area contributed by atoms with Crippen LogP contribution in [0.15, 0.2) is 42.5 Å². The Morgan fingerprint density at radius 2 is 2.04 bits per heavy atom. The molecule has 0 saturated heterocycles. The standard InChI is InChI=1S/C19H20N4O2/c1-23(2)9-10-25-12-7-8-15-16(11-12)21-18(20-15)17-13-5-3-4-6-14(13)22-19(17)24/h3-8,11,17H,9-10H2,1-2H3,(H,20,21)(H,22,24). The van der Waals surface area contributed by atoms with Crippen LogP contribution < -0.4 is 10.1 Å². The van der Waals surface area contributed by atoms with Gasteiger partial charge in [0.05, 0.1) is 11.0 Å². The molecule has 1 aromatic heterocycles. The third-order valence-electron chi connectivity index (χ3n) is 4.34. The van der Waals surface area contributed by atoms with E-state index in [4.69, 9.17) is 4.74 Å². The Morgan fingerprint density at radius 3 is 2.88 bits per heavy atom. The highest BCUT2D eigenvalue weighted by Gasteiger charge is 2.33. The predicted octanol–water partition coefficient (Wildman–Crippen LogP) is 2.59. The number of imidazole rings is 1. The molecule has 128 valence electrons. The highest BCUT2D eigenvalue weighted by molar-refractivity contribution is 6.04. The van der Waals surface area contributed by atoms with Crippen LogP contribution in [-0.2, 0) is 4.79 Å². The maximum absolute atomic E-state index is 12.4. The molecule has 1 aliphatic rings. The number of amides is 1. The molecule has 0 spiro atoms. The van der Waals surface area contributed by atoms with Gasteiger partial charge in [-0.3, -0.25) is 4.79 Å². The minimum atomic E-state index is -0.401. The summed E-state index contributed by atoms with van der Waals surface area (Å²) < 4.78 is 5.77. The Morgan fingerprint density at radius 1 is 1.20 bits per heavy atom. The summed E-state index contributed by atoms with van der Waals surface area (Å²) in [6.07, 6.45) is 0. The van der Waals surface area contributed by atoms with Crippen molar-refractivity contribution in [2.75, 3.05) is 32.6 Å². The van der Waals surface area contributed by atoms with Gasteiger partial charge in [0, 0.05) is 18.3 Å². The molecule has 2 heterocycles. The molecule has 0 bridgehead atoms. The van der Waals surface area contributed by atoms with E-state index in [0.717, 1.165) is 34.6 Å². The first kappa shape index (κ1) is 15.7. The summed E-state index contributed by atoms with van der Waals surface area (Å²) in [6, 6.07) is 13.5. The van der Waals surface area contributed by atoms with Crippen LogP contribution in [0.3, 0.4) is 0 Å². The molecule has 1 amide bonds. The van der Waals surface area contributed by atoms with Gasteiger partial charge >= 0.3 is 0 Å². The zero-order valence-electron chi connectivity index (χ0n) is 14.2. The van der Waals surface area contributed by atoms with Crippen molar-refractivity contribution >= 4 is 22.6 Å². The van der Waals surface area contributed by atoms with Crippen molar-refractivity contribution in [3.05, 3.63) is 53.9 Å². The van der Waals surface area contributed by atoms with Gasteiger partial charge in [-0.25, -0.2) is 4.98 Å². The van der Waals surface area contributed by atoms with Gasteiger partial charge in [-0.15, -0.1) is 0 Å². The summed E-state index contributed by atoms with van der Waals surface area (Å²) in [4.78, 5) is 22.4. The van der Waals surface area contributed by atoms with Crippen LogP contribution in [0.5, 0.6) is 5.75 Å². The number of nitrogens with one attached hydrogen (secondary N) is 2. The number of rotatable bonds is 5. The molecule has 4 rings (SSSR count). The number of carbonyl (C=O) groups is 1. The Balaban J connectivity index is 1.62. The van der Waals surface area contributed by atoms with Crippen LogP contribution in [0.1, 0.15) is 17.3 Å². The van der Waals surface area contributed by atoms with Gasteiger partial charge in [0.15, 0.2) is 0 Å². The Kier molecular flexibility index (Phi) is 3.89. The SMILES string of the molecule is CN(C)CCOc1ccc2nc(C3C(=O)Nc4ccccc43)[nH]c2c1. The van der Waals surface area contributed by atoms with Crippen LogP contribution in [0.25, 0.3) is 11.0 Å². The van der Waals surface area contributed by atoms with Gasteiger partial charge in [-0.05, 0) is 37.9 Å². The summed E-state index contributed by atoms with van der Waals surface area (Å²) in [6.45, 7) is 1.48. The fourth-order valence-corrected chi connectivity index (χ4v) is 3.06. The zero-order chi connectivity index (χ0) is 17.4. The second kappa shape index (κ2) is 6.22. The molecule has 1 unspecified atom stereocenters. The first-order valence-electron chi connectivity index (χ1n) is 8.29. The van der Waals surface area contributed by atoms with Gasteiger partial charge in [0.2, 0.25) is 5.91 Å². The van der Waals surface area contributed by atoms with Crippen LogP contribution in [-0.4, -0.2) is 48.0 Å². The van der Waals surface area contributed by atoms with E-state index >= 15 is 0 Å². The number of para-hydroxylation sites is 1. The highest BCUT2D eigenvalue weighted by atomic mass is 16.5. The molecule has 6 heteroatoms. The fourth-order valence-electron chi connectivity index (χ4n) is 3.06. The molecule has 1 atom stereocenters. The second-order valence-electron chi connectivity index (χ2n) is 6.46. The van der Waals surface area contributed by atoms with Crippen LogP contribution >= 0.6 is 0 Å². The van der Waals surface area contributed by atoms with Crippen molar-refractivity contribution in [3.8, 4) is 5.75 Å². The van der Waals surface area contributed by atoms with Gasteiger partial charge in [-0.2, -0.15) is 0 Å². The van der Waals surface area contributed by atoms with Gasteiger partial charge in [0.25, 0.3) is 0 Å². The average Bonchev–Trinajstić information content (AvgIpc) is 3.13. The van der Waals surface area contributed by atoms with E-state index in [0.29, 0.717) is 12.4 Å². The number of aromatic nitrogens is 2. The van der Waals surface area contributed by atoms with Crippen molar-refractivity contribution in [1.29, 1.82) is 0 Å². The van der Waals surface area contributed by atoms with E-state index in [1.54, 1.807) is 0 Å². The quantitative estimate of drug-likeness (QED) is 0.751. The van der Waals surface area contributed by atoms with Crippen LogP contribution in [0.4, 0.5) is 5.69 Å². The molecule has 2 N–H and O–H groups in total. The predicted molar refractivity (Wildman–Crippen MR) is 97.1 cm³/mol. The Hall–Kier alpha value is -2.86. The van der Waals surface area contributed by atoms with Crippen LogP contribution in [0, 0.1) is 0 Å². The number of carbonyl (C=O) groups excluding carboxylic acids is 1. The Labute approximate surface area is 145 Å². The van der Waals surface area contributed by atoms with Crippen molar-refractivity contribution in [3.63, 3.8) is 0 Å². The topological polar surface area (TPSA) is 70.2 Å². The molecule has 2 aromatic carbocycles. The number of fused-ring (bicyclic) bond motifs is 2. The van der Waals surface area contributed by atoms with E-state index in [1.807, 2.05) is 56.6 Å². The first-order valence-corrected chi connectivity index (χ1v) is 8.29. The number of hydrogen-bond acceptors (Lipinski definition) is 4. The summed E-state index contributed by atoms with van der Waals surface area (Å²) in [5, 5.41) is 2.91. The lowest BCUT2D eigenvalue weighted by atomic mass is 10.0. The second-order valence-corrected chi connectivity index (χ2v) is 6.46. The monoisotopic (exact) mass is 336 g/mol. The van der Waals surface area contributed by atoms with E-state index in [1.165, 1.54) is 0 Å². The number of benzene rings is 2. The number of nitrogens with zero attached hydrogens (tertiary/aromatic N) is 2. The maximum Gasteiger partial charge on any atom is 0.239 e. The lowest BCUT2D eigenvalue weighted by Gasteiger charge is -2.10. The molecule has 3 aromatic rings. The summed E-state index contributed by atoms with van der Waals surface area (Å²) in [5.74, 6) is 0.994. The molecule has 6 nitrogen and oxygen atoms in total. The van der Waals surface area contributed by atoms with Crippen molar-refractivity contribution < 1.29 is 9.53 Å². The smallest absolute Gasteiger partial charge is 0.239 e. The molecule has 0 fully saturated rings. The van der Waals surface area contributed by atoms with E-state index in [-0.39, 0.29) is 5.91 Å². The Bertz CT molecular complexity index is 932. The van der Waals surface area contributed by atoms with Gasteiger partial charge in [-0.1, -0.05) is 18.2 Å². The number of H-pyrrole nitrogens is 1. The molecule has 0 aliphatic carbocycles. The summed E-state index contributed by atoms with van der Waals surface area (Å²) in [5.41, 5.74) is 3.50.